The number of thiophene rings is 1. The van der Waals surface area contributed by atoms with Crippen LogP contribution in [0.15, 0.2) is 18.5 Å². The Hall–Kier alpha value is -2.40. The monoisotopic (exact) mass is 401 g/mol. The van der Waals surface area contributed by atoms with E-state index in [1.807, 2.05) is 0 Å². The van der Waals surface area contributed by atoms with Crippen molar-refractivity contribution in [2.24, 2.45) is 0 Å². The molecule has 0 radical (unpaired) electrons. The van der Waals surface area contributed by atoms with Gasteiger partial charge in [-0.05, 0) is 6.07 Å². The largest absolute Gasteiger partial charge is 0.383 e. The number of methoxy groups -OCH3 is 1. The second-order valence-corrected chi connectivity index (χ2v) is 7.53. The molecule has 28 heavy (non-hydrogen) atoms. The highest BCUT2D eigenvalue weighted by Gasteiger charge is 2.20. The fourth-order valence-corrected chi connectivity index (χ4v) is 4.09. The minimum Gasteiger partial charge on any atom is -0.383 e. The molecule has 1 aliphatic rings. The second-order valence-electron chi connectivity index (χ2n) is 6.40. The van der Waals surface area contributed by atoms with Crippen LogP contribution in [0.1, 0.15) is 4.88 Å². The molecule has 0 amide bonds. The molecule has 0 saturated carbocycles. The van der Waals surface area contributed by atoms with E-state index in [0.29, 0.717) is 25.6 Å². The van der Waals surface area contributed by atoms with Gasteiger partial charge in [-0.2, -0.15) is 0 Å². The van der Waals surface area contributed by atoms with Gasteiger partial charge in [-0.25, -0.2) is 19.9 Å². The SMILES string of the molecule is COCCNCc1cc2nc(-c3cnc(N)nc3)nc(N3CCOCC3)c2s1. The first-order chi connectivity index (χ1) is 13.7. The van der Waals surface area contributed by atoms with Crippen LogP contribution >= 0.6 is 11.3 Å². The van der Waals surface area contributed by atoms with Crippen LogP contribution in [-0.4, -0.2) is 66.5 Å². The summed E-state index contributed by atoms with van der Waals surface area (Å²) in [7, 11) is 1.70. The normalized spacial score (nSPS) is 14.7. The Morgan fingerprint density at radius 1 is 1.25 bits per heavy atom. The average Bonchev–Trinajstić information content (AvgIpc) is 3.14. The summed E-state index contributed by atoms with van der Waals surface area (Å²) in [5.41, 5.74) is 7.29. The van der Waals surface area contributed by atoms with Gasteiger partial charge in [0.25, 0.3) is 0 Å². The lowest BCUT2D eigenvalue weighted by Gasteiger charge is -2.28. The van der Waals surface area contributed by atoms with Crippen molar-refractivity contribution < 1.29 is 9.47 Å². The summed E-state index contributed by atoms with van der Waals surface area (Å²) in [6, 6.07) is 2.12. The molecule has 1 fully saturated rings. The van der Waals surface area contributed by atoms with Crippen LogP contribution in [0, 0.1) is 0 Å². The highest BCUT2D eigenvalue weighted by Crippen LogP contribution is 2.34. The highest BCUT2D eigenvalue weighted by atomic mass is 32.1. The van der Waals surface area contributed by atoms with Crippen LogP contribution in [-0.2, 0) is 16.0 Å². The molecular weight excluding hydrogens is 378 g/mol. The van der Waals surface area contributed by atoms with E-state index in [-0.39, 0.29) is 5.95 Å². The van der Waals surface area contributed by atoms with E-state index < -0.39 is 0 Å². The van der Waals surface area contributed by atoms with Gasteiger partial charge in [0.1, 0.15) is 0 Å². The Balaban J connectivity index is 1.71. The van der Waals surface area contributed by atoms with Crippen molar-refractivity contribution in [2.45, 2.75) is 6.54 Å². The molecule has 0 bridgehead atoms. The number of nitrogen functional groups attached to an aromatic ring is 1. The molecule has 0 spiro atoms. The van der Waals surface area contributed by atoms with Crippen LogP contribution in [0.2, 0.25) is 0 Å². The topological polar surface area (TPSA) is 111 Å². The van der Waals surface area contributed by atoms with Crippen molar-refractivity contribution in [3.05, 3.63) is 23.3 Å². The fraction of sp³-hybridized carbons (Fsp3) is 0.444. The number of rotatable bonds is 7. The van der Waals surface area contributed by atoms with Gasteiger partial charge in [-0.1, -0.05) is 0 Å². The molecule has 0 aliphatic carbocycles. The van der Waals surface area contributed by atoms with E-state index >= 15 is 0 Å². The Morgan fingerprint density at radius 3 is 2.79 bits per heavy atom. The van der Waals surface area contributed by atoms with Gasteiger partial charge in [-0.15, -0.1) is 11.3 Å². The molecule has 0 unspecified atom stereocenters. The molecule has 9 nitrogen and oxygen atoms in total. The van der Waals surface area contributed by atoms with Gasteiger partial charge in [0.15, 0.2) is 11.6 Å². The van der Waals surface area contributed by atoms with Gasteiger partial charge in [-0.3, -0.25) is 0 Å². The summed E-state index contributed by atoms with van der Waals surface area (Å²) in [4.78, 5) is 21.2. The Kier molecular flexibility index (Phi) is 5.91. The predicted octanol–water partition coefficient (Wildman–Crippen LogP) is 1.30. The molecule has 10 heteroatoms. The smallest absolute Gasteiger partial charge is 0.219 e. The number of hydrogen-bond donors (Lipinski definition) is 2. The van der Waals surface area contributed by atoms with Crippen LogP contribution in [0.25, 0.3) is 21.6 Å². The maximum Gasteiger partial charge on any atom is 0.219 e. The maximum absolute atomic E-state index is 5.61. The summed E-state index contributed by atoms with van der Waals surface area (Å²) >= 11 is 1.72. The van der Waals surface area contributed by atoms with Crippen LogP contribution in [0.4, 0.5) is 11.8 Å². The number of fused-ring (bicyclic) bond motifs is 1. The number of nitrogens with one attached hydrogen (secondary N) is 1. The zero-order valence-corrected chi connectivity index (χ0v) is 16.5. The van der Waals surface area contributed by atoms with Gasteiger partial charge in [0.05, 0.1) is 35.6 Å². The molecule has 1 saturated heterocycles. The standard InChI is InChI=1S/C18H23N7O2S/c1-26-5-2-20-11-13-8-14-15(28-13)17(25-3-6-27-7-4-25)24-16(23-14)12-9-21-18(19)22-10-12/h8-10,20H,2-7,11H2,1H3,(H2,19,21,22). The molecular formula is C18H23N7O2S. The van der Waals surface area contributed by atoms with Gasteiger partial charge < -0.3 is 25.4 Å². The first-order valence-electron chi connectivity index (χ1n) is 9.15. The number of aromatic nitrogens is 4. The maximum atomic E-state index is 5.61. The van der Waals surface area contributed by atoms with Crippen molar-refractivity contribution in [1.82, 2.24) is 25.3 Å². The van der Waals surface area contributed by atoms with E-state index in [1.165, 1.54) is 4.88 Å². The highest BCUT2D eigenvalue weighted by molar-refractivity contribution is 7.19. The van der Waals surface area contributed by atoms with Crippen molar-refractivity contribution in [2.75, 3.05) is 57.2 Å². The Bertz CT molecular complexity index is 926. The molecule has 3 N–H and O–H groups in total. The fourth-order valence-electron chi connectivity index (χ4n) is 3.01. The zero-order chi connectivity index (χ0) is 19.3. The quantitative estimate of drug-likeness (QED) is 0.566. The third-order valence-electron chi connectivity index (χ3n) is 4.43. The second kappa shape index (κ2) is 8.74. The van der Waals surface area contributed by atoms with Crippen LogP contribution in [0.5, 0.6) is 0 Å². The molecule has 3 aromatic rings. The van der Waals surface area contributed by atoms with Crippen molar-refractivity contribution in [1.29, 1.82) is 0 Å². The van der Waals surface area contributed by atoms with Gasteiger partial charge in [0, 0.05) is 50.6 Å². The number of nitrogens with two attached hydrogens (primary N) is 1. The lowest BCUT2D eigenvalue weighted by atomic mass is 10.3. The summed E-state index contributed by atoms with van der Waals surface area (Å²) in [5.74, 6) is 1.78. The lowest BCUT2D eigenvalue weighted by molar-refractivity contribution is 0.122. The third-order valence-corrected chi connectivity index (χ3v) is 5.55. The number of anilines is 2. The molecule has 4 heterocycles. The summed E-state index contributed by atoms with van der Waals surface area (Å²) in [6.07, 6.45) is 3.32. The first-order valence-corrected chi connectivity index (χ1v) is 9.97. The van der Waals surface area contributed by atoms with Crippen molar-refractivity contribution in [3.63, 3.8) is 0 Å². The number of ether oxygens (including phenoxy) is 2. The minimum atomic E-state index is 0.234. The van der Waals surface area contributed by atoms with E-state index in [4.69, 9.17) is 25.2 Å². The van der Waals surface area contributed by atoms with Gasteiger partial charge >= 0.3 is 0 Å². The summed E-state index contributed by atoms with van der Waals surface area (Å²) in [6.45, 7) is 5.27. The number of morpholine rings is 1. The molecule has 0 aromatic carbocycles. The molecule has 148 valence electrons. The summed E-state index contributed by atoms with van der Waals surface area (Å²) < 4.78 is 11.7. The zero-order valence-electron chi connectivity index (χ0n) is 15.7. The predicted molar refractivity (Wildman–Crippen MR) is 109 cm³/mol. The van der Waals surface area contributed by atoms with E-state index in [0.717, 1.165) is 47.8 Å². The number of nitrogens with zero attached hydrogens (tertiary/aromatic N) is 5. The molecule has 3 aromatic heterocycles. The Labute approximate surface area is 166 Å². The van der Waals surface area contributed by atoms with Crippen molar-refractivity contribution >= 4 is 33.3 Å². The van der Waals surface area contributed by atoms with Crippen molar-refractivity contribution in [3.8, 4) is 11.4 Å². The Morgan fingerprint density at radius 2 is 2.04 bits per heavy atom. The number of hydrogen-bond acceptors (Lipinski definition) is 10. The van der Waals surface area contributed by atoms with Crippen LogP contribution in [0.3, 0.4) is 0 Å². The molecule has 4 rings (SSSR count). The van der Waals surface area contributed by atoms with E-state index in [9.17, 15) is 0 Å². The molecule has 1 aliphatic heterocycles. The van der Waals surface area contributed by atoms with Gasteiger partial charge in [0.2, 0.25) is 5.95 Å². The summed E-state index contributed by atoms with van der Waals surface area (Å²) in [5, 5.41) is 3.38. The van der Waals surface area contributed by atoms with E-state index in [1.54, 1.807) is 30.8 Å². The third kappa shape index (κ3) is 4.20. The van der Waals surface area contributed by atoms with E-state index in [2.05, 4.69) is 26.3 Å². The average molecular weight is 401 g/mol. The minimum absolute atomic E-state index is 0.234. The molecule has 0 atom stereocenters. The lowest BCUT2D eigenvalue weighted by Crippen LogP contribution is -2.36. The first kappa shape index (κ1) is 18.9. The van der Waals surface area contributed by atoms with Crippen LogP contribution < -0.4 is 16.0 Å².